The standard InChI is InChI=1S/CH2O3Si/c2-1-5(3)4/h3-4H. The summed E-state index contributed by atoms with van der Waals surface area (Å²) in [5.74, 6) is 0. The van der Waals surface area contributed by atoms with Gasteiger partial charge in [-0.25, -0.2) is 4.79 Å². The van der Waals surface area contributed by atoms with E-state index in [1.54, 1.807) is 0 Å². The van der Waals surface area contributed by atoms with Crippen LogP contribution < -0.4 is 0 Å². The minimum atomic E-state index is -2.68. The summed E-state index contributed by atoms with van der Waals surface area (Å²) in [6.45, 7) is 0. The number of carbonyl (C=O) groups excluding carboxylic acids is 1. The van der Waals surface area contributed by atoms with Gasteiger partial charge in [-0.15, -0.1) is 0 Å². The van der Waals surface area contributed by atoms with Gasteiger partial charge in [0.25, 0.3) is 0 Å². The first-order chi connectivity index (χ1) is 2.27. The zero-order valence-corrected chi connectivity index (χ0v) is 3.30. The van der Waals surface area contributed by atoms with Gasteiger partial charge in [-0.2, -0.15) is 0 Å². The minimum absolute atomic E-state index is 0.991. The Morgan fingerprint density at radius 3 is 1.80 bits per heavy atom. The minimum Gasteiger partial charge on any atom is -0.532 e. The number of hydrogen-bond acceptors (Lipinski definition) is 3. The maximum atomic E-state index is 8.92. The molecule has 0 aliphatic rings. The third-order valence-electron chi connectivity index (χ3n) is 0.0913. The van der Waals surface area contributed by atoms with Crippen LogP contribution >= 0.6 is 0 Å². The van der Waals surface area contributed by atoms with Crippen LogP contribution in [0.5, 0.6) is 0 Å². The predicted molar refractivity (Wildman–Crippen MR) is 15.9 cm³/mol. The van der Waals surface area contributed by atoms with Gasteiger partial charge in [0.05, 0.1) is 0 Å². The SMILES string of the molecule is O=C=[Si](O)O. The first-order valence-corrected chi connectivity index (χ1v) is 2.30. The van der Waals surface area contributed by atoms with E-state index in [2.05, 4.69) is 0 Å². The molecule has 0 rings (SSSR count). The highest BCUT2D eigenvalue weighted by Crippen LogP contribution is 1.30. The summed E-state index contributed by atoms with van der Waals surface area (Å²) in [5.41, 5.74) is 0.991. The van der Waals surface area contributed by atoms with Gasteiger partial charge in [-0.1, -0.05) is 0 Å². The zero-order chi connectivity index (χ0) is 4.28. The van der Waals surface area contributed by atoms with Crippen molar-refractivity contribution < 1.29 is 14.4 Å². The Kier molecular flexibility index (Phi) is 1.49. The van der Waals surface area contributed by atoms with Crippen LogP contribution in [0.1, 0.15) is 0 Å². The summed E-state index contributed by atoms with van der Waals surface area (Å²) >= 11 is 0. The molecule has 0 fully saturated rings. The average Bonchev–Trinajstić information content (AvgIpc) is 1.38. The van der Waals surface area contributed by atoms with Crippen molar-refractivity contribution >= 4 is 14.4 Å². The summed E-state index contributed by atoms with van der Waals surface area (Å²) in [7, 11) is -2.68. The summed E-state index contributed by atoms with van der Waals surface area (Å²) in [4.78, 5) is 24.1. The van der Waals surface area contributed by atoms with Crippen molar-refractivity contribution in [3.63, 3.8) is 0 Å². The van der Waals surface area contributed by atoms with E-state index in [0.29, 0.717) is 0 Å². The van der Waals surface area contributed by atoms with E-state index in [1.165, 1.54) is 0 Å². The third-order valence-corrected chi connectivity index (χ3v) is 0.274. The van der Waals surface area contributed by atoms with Gasteiger partial charge in [0, 0.05) is 0 Å². The maximum Gasteiger partial charge on any atom is 0.579 e. The van der Waals surface area contributed by atoms with Crippen LogP contribution in [-0.4, -0.2) is 24.0 Å². The van der Waals surface area contributed by atoms with Gasteiger partial charge in [0.2, 0.25) is 0 Å². The van der Waals surface area contributed by atoms with Gasteiger partial charge in [-0.05, 0) is 0 Å². The molecular weight excluding hydrogens is 88.1 g/mol. The van der Waals surface area contributed by atoms with Crippen LogP contribution in [0.3, 0.4) is 0 Å². The smallest absolute Gasteiger partial charge is 0.532 e. The molecule has 0 aliphatic heterocycles. The highest BCUT2D eigenvalue weighted by Gasteiger charge is 1.80. The van der Waals surface area contributed by atoms with Crippen LogP contribution in [0.2, 0.25) is 0 Å². The van der Waals surface area contributed by atoms with Gasteiger partial charge in [0.1, 0.15) is 0 Å². The fourth-order valence-electron chi connectivity index (χ4n) is 0. The van der Waals surface area contributed by atoms with Gasteiger partial charge < -0.3 is 9.59 Å². The highest BCUT2D eigenvalue weighted by atomic mass is 28.3. The normalized spacial score (nSPS) is 5.60. The molecule has 0 spiro atoms. The number of rotatable bonds is 0. The predicted octanol–water partition coefficient (Wildman–Crippen LogP) is -1.89. The molecule has 0 bridgehead atoms. The Bertz CT molecular complexity index is 67.0. The Balaban J connectivity index is 3.60. The molecule has 2 N–H and O–H groups in total. The van der Waals surface area contributed by atoms with E-state index < -0.39 is 8.90 Å². The lowest BCUT2D eigenvalue weighted by atomic mass is 11.9. The summed E-state index contributed by atoms with van der Waals surface area (Å²) in [6, 6.07) is 0. The summed E-state index contributed by atoms with van der Waals surface area (Å²) in [5, 5.41) is 0. The molecule has 5 heavy (non-hydrogen) atoms. The van der Waals surface area contributed by atoms with Gasteiger partial charge >= 0.3 is 8.90 Å². The molecule has 0 amide bonds. The molecule has 0 aromatic heterocycles. The Hall–Kier alpha value is -0.603. The second-order valence-electron chi connectivity index (χ2n) is 0.426. The second-order valence-corrected chi connectivity index (χ2v) is 1.28. The first-order valence-electron chi connectivity index (χ1n) is 0.901. The van der Waals surface area contributed by atoms with Crippen LogP contribution in [0.25, 0.3) is 0 Å². The molecule has 4 heteroatoms. The largest absolute Gasteiger partial charge is 0.579 e. The lowest BCUT2D eigenvalue weighted by molar-refractivity contribution is 0.434. The lowest BCUT2D eigenvalue weighted by Crippen LogP contribution is -1.95. The quantitative estimate of drug-likeness (QED) is 0.342. The van der Waals surface area contributed by atoms with E-state index in [-0.39, 0.29) is 0 Å². The van der Waals surface area contributed by atoms with Crippen molar-refractivity contribution in [2.45, 2.75) is 0 Å². The zero-order valence-electron chi connectivity index (χ0n) is 2.30. The molecule has 28 valence electrons. The Morgan fingerprint density at radius 2 is 1.80 bits per heavy atom. The van der Waals surface area contributed by atoms with E-state index in [9.17, 15) is 0 Å². The topological polar surface area (TPSA) is 57.5 Å². The van der Waals surface area contributed by atoms with Crippen molar-refractivity contribution in [3.05, 3.63) is 0 Å². The van der Waals surface area contributed by atoms with Crippen molar-refractivity contribution in [3.8, 4) is 0 Å². The first kappa shape index (κ1) is 4.40. The van der Waals surface area contributed by atoms with Crippen LogP contribution in [0, 0.1) is 0 Å². The van der Waals surface area contributed by atoms with Crippen molar-refractivity contribution in [2.24, 2.45) is 0 Å². The number of hydrogen-bond donors (Lipinski definition) is 2. The van der Waals surface area contributed by atoms with Crippen LogP contribution in [-0.2, 0) is 4.79 Å². The molecule has 0 heterocycles. The molecule has 0 saturated heterocycles. The molecular formula is CH2O3Si. The fraction of sp³-hybridized carbons (Fsp3) is 0. The van der Waals surface area contributed by atoms with E-state index in [1.807, 2.05) is 0 Å². The molecule has 3 nitrogen and oxygen atoms in total. The summed E-state index contributed by atoms with van der Waals surface area (Å²) < 4.78 is 0. The molecule has 0 radical (unpaired) electrons. The lowest BCUT2D eigenvalue weighted by Gasteiger charge is -1.61. The van der Waals surface area contributed by atoms with Crippen LogP contribution in [0.15, 0.2) is 0 Å². The fourth-order valence-corrected chi connectivity index (χ4v) is 0. The molecule has 0 atom stereocenters. The molecule has 0 unspecified atom stereocenters. The summed E-state index contributed by atoms with van der Waals surface area (Å²) in [6.07, 6.45) is 0. The third kappa shape index (κ3) is 3.40. The van der Waals surface area contributed by atoms with Crippen LogP contribution in [0.4, 0.5) is 0 Å². The van der Waals surface area contributed by atoms with E-state index in [0.717, 1.165) is 5.54 Å². The molecule has 0 aromatic carbocycles. The Labute approximate surface area is 30.0 Å². The maximum absolute atomic E-state index is 8.92. The van der Waals surface area contributed by atoms with Gasteiger partial charge in [0.15, 0.2) is 5.54 Å². The molecule has 0 aliphatic carbocycles. The van der Waals surface area contributed by atoms with Gasteiger partial charge in [-0.3, -0.25) is 0 Å². The van der Waals surface area contributed by atoms with Crippen molar-refractivity contribution in [1.82, 2.24) is 0 Å². The monoisotopic (exact) mass is 90.0 g/mol. The Morgan fingerprint density at radius 1 is 1.60 bits per heavy atom. The van der Waals surface area contributed by atoms with Crippen molar-refractivity contribution in [2.75, 3.05) is 0 Å². The average molecular weight is 90.1 g/mol. The van der Waals surface area contributed by atoms with Crippen molar-refractivity contribution in [1.29, 1.82) is 0 Å². The highest BCUT2D eigenvalue weighted by molar-refractivity contribution is 6.47. The van der Waals surface area contributed by atoms with E-state index in [4.69, 9.17) is 14.4 Å². The second kappa shape index (κ2) is 1.69. The molecule has 0 saturated carbocycles. The molecule has 0 aromatic rings. The van der Waals surface area contributed by atoms with E-state index >= 15 is 0 Å².